The molecule has 6 rings (SSSR count). The Morgan fingerprint density at radius 3 is 2.86 bits per heavy atom. The van der Waals surface area contributed by atoms with E-state index < -0.39 is 0 Å². The monoisotopic (exact) mass is 490 g/mol. The first-order valence-corrected chi connectivity index (χ1v) is 12.3. The van der Waals surface area contributed by atoms with Crippen molar-refractivity contribution in [2.75, 3.05) is 24.5 Å². The van der Waals surface area contributed by atoms with Gasteiger partial charge in [0.1, 0.15) is 0 Å². The highest BCUT2D eigenvalue weighted by Gasteiger charge is 2.27. The second-order valence-electron chi connectivity index (χ2n) is 9.22. The number of nitrogens with zero attached hydrogens (tertiary/aromatic N) is 6. The summed E-state index contributed by atoms with van der Waals surface area (Å²) in [7, 11) is 0. The third-order valence-corrected chi connectivity index (χ3v) is 7.28. The number of carbonyl (C=O) groups is 1. The summed E-state index contributed by atoms with van der Waals surface area (Å²) in [5, 5.41) is 21.1. The molecule has 10 heteroatoms. The average molecular weight is 491 g/mol. The lowest BCUT2D eigenvalue weighted by molar-refractivity contribution is 0.0946. The minimum atomic E-state index is -0.172. The summed E-state index contributed by atoms with van der Waals surface area (Å²) < 4.78 is 4.03. The van der Waals surface area contributed by atoms with Crippen molar-refractivity contribution in [2.45, 2.75) is 39.0 Å². The van der Waals surface area contributed by atoms with E-state index in [1.165, 1.54) is 0 Å². The molecule has 180 valence electrons. The molecule has 9 nitrogen and oxygen atoms in total. The Morgan fingerprint density at radius 2 is 2.06 bits per heavy atom. The number of rotatable bonds is 5. The summed E-state index contributed by atoms with van der Waals surface area (Å²) in [4.78, 5) is 15.6. The number of aryl methyl sites for hydroxylation is 1. The summed E-state index contributed by atoms with van der Waals surface area (Å²) in [6.07, 6.45) is 2.82. The number of carbonyl (C=O) groups excluding carboxylic acids is 1. The van der Waals surface area contributed by atoms with Crippen LogP contribution in [0.3, 0.4) is 0 Å². The number of hydrogen-bond donors (Lipinski definition) is 2. The predicted molar refractivity (Wildman–Crippen MR) is 135 cm³/mol. The SMILES string of the molecule is Cc1c(N2CCn3nncc3C2)ccc2c(C(=O)NCc3ccc(Cl)cc3)nn(C3CCNC3)c12. The van der Waals surface area contributed by atoms with Gasteiger partial charge in [-0.3, -0.25) is 9.48 Å². The van der Waals surface area contributed by atoms with Gasteiger partial charge in [0.2, 0.25) is 0 Å². The molecule has 1 fully saturated rings. The van der Waals surface area contributed by atoms with Crippen LogP contribution in [0.15, 0.2) is 42.6 Å². The van der Waals surface area contributed by atoms with E-state index in [-0.39, 0.29) is 11.9 Å². The largest absolute Gasteiger partial charge is 0.363 e. The number of anilines is 1. The molecule has 2 N–H and O–H groups in total. The summed E-state index contributed by atoms with van der Waals surface area (Å²) in [5.41, 5.74) is 5.89. The molecule has 1 atom stereocenters. The molecule has 0 saturated carbocycles. The van der Waals surface area contributed by atoms with Gasteiger partial charge in [-0.05, 0) is 55.3 Å². The van der Waals surface area contributed by atoms with Crippen molar-refractivity contribution >= 4 is 34.1 Å². The maximum absolute atomic E-state index is 13.3. The topological polar surface area (TPSA) is 92.9 Å². The zero-order valence-electron chi connectivity index (χ0n) is 19.5. The van der Waals surface area contributed by atoms with Gasteiger partial charge >= 0.3 is 0 Å². The highest BCUT2D eigenvalue weighted by atomic mass is 35.5. The molecule has 1 saturated heterocycles. The maximum Gasteiger partial charge on any atom is 0.272 e. The van der Waals surface area contributed by atoms with Crippen LogP contribution in [-0.2, 0) is 19.6 Å². The number of fused-ring (bicyclic) bond motifs is 2. The zero-order chi connectivity index (χ0) is 23.9. The summed E-state index contributed by atoms with van der Waals surface area (Å²) in [5.74, 6) is -0.172. The van der Waals surface area contributed by atoms with E-state index >= 15 is 0 Å². The van der Waals surface area contributed by atoms with Crippen molar-refractivity contribution in [3.05, 3.63) is 70.1 Å². The van der Waals surface area contributed by atoms with Gasteiger partial charge in [-0.25, -0.2) is 4.68 Å². The highest BCUT2D eigenvalue weighted by Crippen LogP contribution is 2.34. The Balaban J connectivity index is 1.35. The van der Waals surface area contributed by atoms with Gasteiger partial charge in [0.25, 0.3) is 5.91 Å². The first kappa shape index (κ1) is 22.1. The van der Waals surface area contributed by atoms with Crippen LogP contribution >= 0.6 is 11.6 Å². The van der Waals surface area contributed by atoms with Gasteiger partial charge in [-0.15, -0.1) is 5.10 Å². The minimum Gasteiger partial charge on any atom is -0.363 e. The number of hydrogen-bond acceptors (Lipinski definition) is 6. The molecule has 2 aliphatic heterocycles. The molecule has 0 radical (unpaired) electrons. The second kappa shape index (κ2) is 8.98. The number of benzene rings is 2. The molecule has 2 aromatic heterocycles. The molecule has 1 amide bonds. The van der Waals surface area contributed by atoms with Crippen molar-refractivity contribution < 1.29 is 4.79 Å². The third kappa shape index (κ3) is 4.04. The van der Waals surface area contributed by atoms with Gasteiger partial charge in [0, 0.05) is 35.7 Å². The molecule has 35 heavy (non-hydrogen) atoms. The van der Waals surface area contributed by atoms with Crippen LogP contribution in [0.1, 0.15) is 39.8 Å². The van der Waals surface area contributed by atoms with E-state index in [2.05, 4.69) is 43.5 Å². The number of nitrogens with one attached hydrogen (secondary N) is 2. The average Bonchev–Trinajstić information content (AvgIpc) is 3.63. The quantitative estimate of drug-likeness (QED) is 0.446. The van der Waals surface area contributed by atoms with E-state index in [0.717, 1.165) is 72.6 Å². The lowest BCUT2D eigenvalue weighted by Crippen LogP contribution is -2.34. The Morgan fingerprint density at radius 1 is 1.20 bits per heavy atom. The minimum absolute atomic E-state index is 0.172. The fraction of sp³-hybridized carbons (Fsp3) is 0.360. The Labute approximate surface area is 208 Å². The molecule has 0 bridgehead atoms. The van der Waals surface area contributed by atoms with Crippen LogP contribution in [0.4, 0.5) is 5.69 Å². The number of halogens is 1. The molecule has 0 spiro atoms. The van der Waals surface area contributed by atoms with E-state index in [4.69, 9.17) is 16.7 Å². The third-order valence-electron chi connectivity index (χ3n) is 7.03. The molecule has 1 unspecified atom stereocenters. The van der Waals surface area contributed by atoms with E-state index in [1.807, 2.05) is 41.2 Å². The van der Waals surface area contributed by atoms with E-state index in [1.54, 1.807) is 0 Å². The van der Waals surface area contributed by atoms with Gasteiger partial charge in [-0.2, -0.15) is 5.10 Å². The second-order valence-corrected chi connectivity index (χ2v) is 9.66. The molecular formula is C25H27ClN8O. The maximum atomic E-state index is 13.3. The number of amides is 1. The Kier molecular flexibility index (Phi) is 5.66. The first-order chi connectivity index (χ1) is 17.1. The van der Waals surface area contributed by atoms with Crippen LogP contribution in [0.25, 0.3) is 10.9 Å². The normalized spacial score (nSPS) is 17.7. The molecule has 0 aliphatic carbocycles. The van der Waals surface area contributed by atoms with Gasteiger partial charge in [-0.1, -0.05) is 28.9 Å². The number of aromatic nitrogens is 5. The molecule has 4 heterocycles. The lowest BCUT2D eigenvalue weighted by Gasteiger charge is -2.30. The smallest absolute Gasteiger partial charge is 0.272 e. The highest BCUT2D eigenvalue weighted by molar-refractivity contribution is 6.30. The fourth-order valence-corrected chi connectivity index (χ4v) is 5.29. The van der Waals surface area contributed by atoms with Crippen LogP contribution in [0.2, 0.25) is 5.02 Å². The summed E-state index contributed by atoms with van der Waals surface area (Å²) >= 11 is 5.99. The van der Waals surface area contributed by atoms with Crippen LogP contribution in [0, 0.1) is 6.92 Å². The molecule has 4 aromatic rings. The predicted octanol–water partition coefficient (Wildman–Crippen LogP) is 3.07. The van der Waals surface area contributed by atoms with Crippen LogP contribution in [0.5, 0.6) is 0 Å². The first-order valence-electron chi connectivity index (χ1n) is 12.0. The Bertz CT molecular complexity index is 1390. The van der Waals surface area contributed by atoms with Crippen LogP contribution in [-0.4, -0.2) is 50.3 Å². The fourth-order valence-electron chi connectivity index (χ4n) is 5.16. The summed E-state index contributed by atoms with van der Waals surface area (Å²) in [6, 6.07) is 11.9. The van der Waals surface area contributed by atoms with Crippen LogP contribution < -0.4 is 15.5 Å². The van der Waals surface area contributed by atoms with Gasteiger partial charge in [0.15, 0.2) is 5.69 Å². The van der Waals surface area contributed by atoms with Crippen molar-refractivity contribution in [1.29, 1.82) is 0 Å². The van der Waals surface area contributed by atoms with E-state index in [9.17, 15) is 4.79 Å². The standard InChI is InChI=1S/C25H27ClN8O/c1-16-22(32-10-11-33-20(15-32)14-29-31-33)7-6-21-23(30-34(24(16)21)19-8-9-27-13-19)25(35)28-12-17-2-4-18(26)5-3-17/h2-7,14,19,27H,8-13,15H2,1H3,(H,28,35). The van der Waals surface area contributed by atoms with Crippen molar-refractivity contribution in [2.24, 2.45) is 0 Å². The van der Waals surface area contributed by atoms with Gasteiger partial charge in [0.05, 0.1) is 36.5 Å². The molecule has 2 aromatic carbocycles. The molecule has 2 aliphatic rings. The Hall–Kier alpha value is -3.43. The van der Waals surface area contributed by atoms with E-state index in [0.29, 0.717) is 17.3 Å². The zero-order valence-corrected chi connectivity index (χ0v) is 20.3. The van der Waals surface area contributed by atoms with Gasteiger partial charge < -0.3 is 15.5 Å². The molecular weight excluding hydrogens is 464 g/mol. The lowest BCUT2D eigenvalue weighted by atomic mass is 10.1. The van der Waals surface area contributed by atoms with Crippen molar-refractivity contribution in [1.82, 2.24) is 35.4 Å². The summed E-state index contributed by atoms with van der Waals surface area (Å²) in [6.45, 7) is 6.77. The van der Waals surface area contributed by atoms with Crippen molar-refractivity contribution in [3.63, 3.8) is 0 Å². The van der Waals surface area contributed by atoms with Crippen molar-refractivity contribution in [3.8, 4) is 0 Å².